The molecular formula is C25H30Cl2N2O2. The van der Waals surface area contributed by atoms with Crippen molar-refractivity contribution in [3.63, 3.8) is 0 Å². The molecule has 31 heavy (non-hydrogen) atoms. The Hall–Kier alpha value is -2.40. The first kappa shape index (κ1) is 26.6. The molecule has 1 heterocycles. The summed E-state index contributed by atoms with van der Waals surface area (Å²) in [5.74, 6) is 0.0990. The lowest BCUT2D eigenvalue weighted by atomic mass is 9.92. The van der Waals surface area contributed by atoms with Crippen molar-refractivity contribution in [3.8, 4) is 22.4 Å². The fraction of sp³-hybridized carbons (Fsp3) is 0.280. The molecule has 0 aliphatic rings. The zero-order chi connectivity index (χ0) is 21.0. The lowest BCUT2D eigenvalue weighted by molar-refractivity contribution is 0.0601. The van der Waals surface area contributed by atoms with Crippen LogP contribution in [0.3, 0.4) is 0 Å². The van der Waals surface area contributed by atoms with Gasteiger partial charge in [-0.25, -0.2) is 4.79 Å². The molecule has 166 valence electrons. The Morgan fingerprint density at radius 2 is 1.71 bits per heavy atom. The van der Waals surface area contributed by atoms with Crippen LogP contribution in [0.25, 0.3) is 22.4 Å². The van der Waals surface area contributed by atoms with Crippen molar-refractivity contribution in [2.75, 3.05) is 7.11 Å². The average Bonchev–Trinajstić information content (AvgIpc) is 2.73. The molecule has 3 rings (SSSR count). The zero-order valence-corrected chi connectivity index (χ0v) is 20.0. The highest BCUT2D eigenvalue weighted by Crippen LogP contribution is 2.32. The van der Waals surface area contributed by atoms with Crippen LogP contribution in [0.15, 0.2) is 54.6 Å². The number of aromatic nitrogens is 1. The molecule has 2 N–H and O–H groups in total. The van der Waals surface area contributed by atoms with E-state index >= 15 is 0 Å². The van der Waals surface area contributed by atoms with E-state index < -0.39 is 0 Å². The van der Waals surface area contributed by atoms with Crippen molar-refractivity contribution >= 4 is 30.8 Å². The summed E-state index contributed by atoms with van der Waals surface area (Å²) >= 11 is 0. The second kappa shape index (κ2) is 11.8. The number of pyridine rings is 1. The number of nitrogens with zero attached hydrogens (tertiary/aromatic N) is 1. The Labute approximate surface area is 197 Å². The Balaban J connectivity index is 0.00000240. The minimum Gasteiger partial charge on any atom is -0.465 e. The van der Waals surface area contributed by atoms with E-state index in [4.69, 9.17) is 15.5 Å². The summed E-state index contributed by atoms with van der Waals surface area (Å²) in [6.45, 7) is 6.87. The van der Waals surface area contributed by atoms with Gasteiger partial charge in [0.25, 0.3) is 0 Å². The van der Waals surface area contributed by atoms with Gasteiger partial charge in [0.15, 0.2) is 0 Å². The molecule has 6 heteroatoms. The van der Waals surface area contributed by atoms with E-state index in [1.807, 2.05) is 18.2 Å². The van der Waals surface area contributed by atoms with Crippen LogP contribution in [0.2, 0.25) is 0 Å². The van der Waals surface area contributed by atoms with E-state index in [0.717, 1.165) is 40.1 Å². The number of methoxy groups -OCH3 is 1. The Morgan fingerprint density at radius 3 is 2.29 bits per heavy atom. The van der Waals surface area contributed by atoms with Gasteiger partial charge in [0.1, 0.15) is 0 Å². The number of carbonyl (C=O) groups excluding carboxylic acids is 1. The maximum absolute atomic E-state index is 12.0. The van der Waals surface area contributed by atoms with Crippen molar-refractivity contribution in [2.45, 2.75) is 33.7 Å². The number of carbonyl (C=O) groups is 1. The molecule has 0 saturated heterocycles. The van der Waals surface area contributed by atoms with Crippen molar-refractivity contribution < 1.29 is 9.53 Å². The van der Waals surface area contributed by atoms with Gasteiger partial charge in [0.2, 0.25) is 0 Å². The van der Waals surface area contributed by atoms with E-state index in [9.17, 15) is 4.79 Å². The fourth-order valence-corrected chi connectivity index (χ4v) is 3.47. The predicted molar refractivity (Wildman–Crippen MR) is 132 cm³/mol. The summed E-state index contributed by atoms with van der Waals surface area (Å²) in [5, 5.41) is 0. The minimum absolute atomic E-state index is 0. The van der Waals surface area contributed by atoms with E-state index in [2.05, 4.69) is 51.1 Å². The van der Waals surface area contributed by atoms with Gasteiger partial charge in [0.05, 0.1) is 18.4 Å². The molecule has 0 fully saturated rings. The topological polar surface area (TPSA) is 65.2 Å². The zero-order valence-electron chi connectivity index (χ0n) is 18.3. The molecule has 0 unspecified atom stereocenters. The van der Waals surface area contributed by atoms with Gasteiger partial charge >= 0.3 is 5.97 Å². The third-order valence-corrected chi connectivity index (χ3v) is 4.96. The third-order valence-electron chi connectivity index (χ3n) is 4.96. The summed E-state index contributed by atoms with van der Waals surface area (Å²) in [6.07, 6.45) is 0.843. The number of benzene rings is 2. The standard InChI is InChI=1S/C25H28N2O2.2ClH/c1-16(2)12-24-22(15-26)21(18-10-8-17(3)9-11-18)14-23(27-24)19-6-5-7-20(13-19)25(28)29-4;;/h5-11,13-14,16H,12,15,26H2,1-4H3;2*1H. The van der Waals surface area contributed by atoms with E-state index in [0.29, 0.717) is 18.0 Å². The van der Waals surface area contributed by atoms with E-state index in [1.165, 1.54) is 12.7 Å². The molecule has 0 aliphatic heterocycles. The second-order valence-electron chi connectivity index (χ2n) is 7.72. The molecular weight excluding hydrogens is 431 g/mol. The molecule has 0 atom stereocenters. The normalized spacial score (nSPS) is 10.3. The first-order chi connectivity index (χ1) is 13.9. The van der Waals surface area contributed by atoms with Crippen molar-refractivity contribution in [1.82, 2.24) is 4.98 Å². The molecule has 0 aliphatic carbocycles. The van der Waals surface area contributed by atoms with Crippen LogP contribution in [0.4, 0.5) is 0 Å². The SMILES string of the molecule is COC(=O)c1cccc(-c2cc(-c3ccc(C)cc3)c(CN)c(CC(C)C)n2)c1.Cl.Cl. The van der Waals surface area contributed by atoms with Crippen LogP contribution in [-0.2, 0) is 17.7 Å². The van der Waals surface area contributed by atoms with Gasteiger partial charge in [-0.1, -0.05) is 55.8 Å². The van der Waals surface area contributed by atoms with E-state index in [-0.39, 0.29) is 30.8 Å². The Bertz CT molecular complexity index is 1020. The number of aryl methyl sites for hydroxylation is 1. The van der Waals surface area contributed by atoms with Crippen LogP contribution in [0, 0.1) is 12.8 Å². The smallest absolute Gasteiger partial charge is 0.337 e. The molecule has 4 nitrogen and oxygen atoms in total. The van der Waals surface area contributed by atoms with Gasteiger partial charge in [-0.15, -0.1) is 24.8 Å². The van der Waals surface area contributed by atoms with Crippen LogP contribution < -0.4 is 5.73 Å². The minimum atomic E-state index is -0.355. The number of halogens is 2. The van der Waals surface area contributed by atoms with Gasteiger partial charge in [0, 0.05) is 17.8 Å². The van der Waals surface area contributed by atoms with Crippen molar-refractivity contribution in [1.29, 1.82) is 0 Å². The van der Waals surface area contributed by atoms with Crippen molar-refractivity contribution in [3.05, 3.63) is 77.0 Å². The van der Waals surface area contributed by atoms with Crippen LogP contribution >= 0.6 is 24.8 Å². The number of hydrogen-bond acceptors (Lipinski definition) is 4. The first-order valence-corrected chi connectivity index (χ1v) is 9.91. The number of ether oxygens (including phenoxy) is 1. The third kappa shape index (κ3) is 6.30. The molecule has 0 amide bonds. The summed E-state index contributed by atoms with van der Waals surface area (Å²) in [4.78, 5) is 16.9. The highest BCUT2D eigenvalue weighted by Gasteiger charge is 2.16. The molecule has 0 radical (unpaired) electrons. The fourth-order valence-electron chi connectivity index (χ4n) is 3.47. The summed E-state index contributed by atoms with van der Waals surface area (Å²) < 4.78 is 4.87. The Morgan fingerprint density at radius 1 is 1.03 bits per heavy atom. The highest BCUT2D eigenvalue weighted by molar-refractivity contribution is 5.91. The number of rotatable bonds is 6. The van der Waals surface area contributed by atoms with Crippen LogP contribution in [0.5, 0.6) is 0 Å². The molecule has 0 bridgehead atoms. The highest BCUT2D eigenvalue weighted by atomic mass is 35.5. The number of hydrogen-bond donors (Lipinski definition) is 1. The second-order valence-corrected chi connectivity index (χ2v) is 7.72. The largest absolute Gasteiger partial charge is 0.465 e. The summed E-state index contributed by atoms with van der Waals surface area (Å²) in [7, 11) is 1.39. The van der Waals surface area contributed by atoms with Crippen LogP contribution in [-0.4, -0.2) is 18.1 Å². The lowest BCUT2D eigenvalue weighted by Crippen LogP contribution is -2.10. The molecule has 0 saturated carbocycles. The maximum Gasteiger partial charge on any atom is 0.337 e. The van der Waals surface area contributed by atoms with Gasteiger partial charge in [-0.2, -0.15) is 0 Å². The molecule has 3 aromatic rings. The first-order valence-electron chi connectivity index (χ1n) is 9.91. The van der Waals surface area contributed by atoms with E-state index in [1.54, 1.807) is 6.07 Å². The average molecular weight is 461 g/mol. The van der Waals surface area contributed by atoms with Gasteiger partial charge < -0.3 is 10.5 Å². The lowest BCUT2D eigenvalue weighted by Gasteiger charge is -2.17. The number of esters is 1. The predicted octanol–water partition coefficient (Wildman–Crippen LogP) is 6.01. The molecule has 1 aromatic heterocycles. The Kier molecular flexibility index (Phi) is 10.2. The summed E-state index contributed by atoms with van der Waals surface area (Å²) in [6, 6.07) is 17.9. The van der Waals surface area contributed by atoms with Gasteiger partial charge in [-0.05, 0) is 54.2 Å². The number of nitrogens with two attached hydrogens (primary N) is 1. The van der Waals surface area contributed by atoms with Crippen LogP contribution in [0.1, 0.15) is 41.0 Å². The quantitative estimate of drug-likeness (QED) is 0.457. The van der Waals surface area contributed by atoms with Crippen molar-refractivity contribution in [2.24, 2.45) is 11.7 Å². The van der Waals surface area contributed by atoms with Gasteiger partial charge in [-0.3, -0.25) is 4.98 Å². The maximum atomic E-state index is 12.0. The summed E-state index contributed by atoms with van der Waals surface area (Å²) in [5.41, 5.74) is 13.9. The molecule has 0 spiro atoms. The molecule has 2 aromatic carbocycles. The monoisotopic (exact) mass is 460 g/mol.